The van der Waals surface area contributed by atoms with E-state index < -0.39 is 5.78 Å². The van der Waals surface area contributed by atoms with Gasteiger partial charge in [0.2, 0.25) is 5.78 Å². The number of Topliss-reactive ketones (excluding diaryl/α,β-unsaturated/α-hetero) is 1. The summed E-state index contributed by atoms with van der Waals surface area (Å²) in [6.45, 7) is 0. The first kappa shape index (κ1) is 4.96. The van der Waals surface area contributed by atoms with Crippen LogP contribution in [0.2, 0.25) is 0 Å². The molecule has 1 rings (SSSR count). The lowest BCUT2D eigenvalue weighted by Gasteiger charge is -1.75. The second kappa shape index (κ2) is 1.73. The highest BCUT2D eigenvalue weighted by Gasteiger charge is 2.12. The van der Waals surface area contributed by atoms with Gasteiger partial charge in [-0.2, -0.15) is 5.10 Å². The molecule has 1 N–H and O–H groups in total. The maximum atomic E-state index is 10.2. The minimum Gasteiger partial charge on any atom is -0.295 e. The lowest BCUT2D eigenvalue weighted by molar-refractivity contribution is -0.129. The Balaban J connectivity index is 2.27. The van der Waals surface area contributed by atoms with E-state index in [9.17, 15) is 9.59 Å². The molecule has 0 aliphatic carbocycles. The van der Waals surface area contributed by atoms with E-state index in [0.29, 0.717) is 12.1 Å². The quantitative estimate of drug-likeness (QED) is 0.378. The molecule has 0 aromatic heterocycles. The van der Waals surface area contributed by atoms with Crippen molar-refractivity contribution in [3.63, 3.8) is 0 Å². The second-order valence-electron chi connectivity index (χ2n) is 1.43. The van der Waals surface area contributed by atoms with Crippen molar-refractivity contribution in [3.05, 3.63) is 0 Å². The molecule has 0 unspecified atom stereocenters. The smallest absolute Gasteiger partial charge is 0.202 e. The summed E-state index contributed by atoms with van der Waals surface area (Å²) in [4.78, 5) is 19.8. The summed E-state index contributed by atoms with van der Waals surface area (Å²) in [6, 6.07) is 0. The molecular formula is C4H4N2O2. The van der Waals surface area contributed by atoms with Gasteiger partial charge in [0.05, 0.1) is 6.42 Å². The van der Waals surface area contributed by atoms with Crippen molar-refractivity contribution in [1.82, 2.24) is 5.43 Å². The van der Waals surface area contributed by atoms with Gasteiger partial charge in [-0.3, -0.25) is 15.0 Å². The molecule has 0 saturated heterocycles. The Kier molecular flexibility index (Phi) is 1.07. The van der Waals surface area contributed by atoms with Gasteiger partial charge in [0.1, 0.15) is 0 Å². The molecule has 0 atom stereocenters. The van der Waals surface area contributed by atoms with Crippen LogP contribution in [0.3, 0.4) is 0 Å². The number of nitrogens with zero attached hydrogens (tertiary/aromatic N) is 1. The summed E-state index contributed by atoms with van der Waals surface area (Å²) in [5.41, 5.74) is 2.46. The molecule has 4 nitrogen and oxygen atoms in total. The van der Waals surface area contributed by atoms with E-state index in [4.69, 9.17) is 0 Å². The van der Waals surface area contributed by atoms with Crippen LogP contribution in [0.25, 0.3) is 0 Å². The molecule has 0 bridgehead atoms. The molecule has 0 radical (unpaired) electrons. The van der Waals surface area contributed by atoms with Gasteiger partial charge in [-0.05, 0) is 0 Å². The fraction of sp³-hybridized carbons (Fsp3) is 0.250. The Morgan fingerprint density at radius 1 is 1.88 bits per heavy atom. The molecule has 4 heteroatoms. The SMILES string of the molecule is O=CC(=O)CC1=NN1. The van der Waals surface area contributed by atoms with Gasteiger partial charge in [0.25, 0.3) is 0 Å². The zero-order valence-corrected chi connectivity index (χ0v) is 4.05. The maximum Gasteiger partial charge on any atom is 0.202 e. The number of ketones is 1. The van der Waals surface area contributed by atoms with Gasteiger partial charge in [0, 0.05) is 0 Å². The minimum absolute atomic E-state index is 0.128. The number of nitrogens with one attached hydrogen (secondary N) is 1. The number of hydrogen-bond acceptors (Lipinski definition) is 4. The van der Waals surface area contributed by atoms with Crippen molar-refractivity contribution < 1.29 is 9.59 Å². The van der Waals surface area contributed by atoms with Crippen LogP contribution < -0.4 is 5.43 Å². The number of hydrogen-bond donors (Lipinski definition) is 1. The largest absolute Gasteiger partial charge is 0.295 e. The minimum atomic E-state index is -0.436. The van der Waals surface area contributed by atoms with Crippen LogP contribution in [-0.4, -0.2) is 17.9 Å². The van der Waals surface area contributed by atoms with E-state index in [1.165, 1.54) is 0 Å². The van der Waals surface area contributed by atoms with Crippen LogP contribution in [0, 0.1) is 0 Å². The molecule has 0 spiro atoms. The molecule has 8 heavy (non-hydrogen) atoms. The van der Waals surface area contributed by atoms with Crippen molar-refractivity contribution in [3.8, 4) is 0 Å². The van der Waals surface area contributed by atoms with Crippen LogP contribution in [-0.2, 0) is 9.59 Å². The Morgan fingerprint density at radius 3 is 2.88 bits per heavy atom. The van der Waals surface area contributed by atoms with Crippen LogP contribution in [0.5, 0.6) is 0 Å². The Morgan fingerprint density at radius 2 is 2.50 bits per heavy atom. The van der Waals surface area contributed by atoms with Crippen LogP contribution >= 0.6 is 0 Å². The molecule has 42 valence electrons. The first-order valence-electron chi connectivity index (χ1n) is 2.13. The summed E-state index contributed by atoms with van der Waals surface area (Å²) in [7, 11) is 0. The monoisotopic (exact) mass is 112 g/mol. The summed E-state index contributed by atoms with van der Waals surface area (Å²) in [6.07, 6.45) is 0.423. The van der Waals surface area contributed by atoms with Crippen LogP contribution in [0.4, 0.5) is 0 Å². The fourth-order valence-electron chi connectivity index (χ4n) is 0.325. The third-order valence-corrected chi connectivity index (χ3v) is 0.743. The molecule has 0 aromatic carbocycles. The van der Waals surface area contributed by atoms with E-state index in [0.717, 1.165) is 0 Å². The normalized spacial score (nSPS) is 13.8. The third-order valence-electron chi connectivity index (χ3n) is 0.743. The number of rotatable bonds is 3. The molecule has 1 aliphatic heterocycles. The average Bonchev–Trinajstić information content (AvgIpc) is 2.50. The first-order chi connectivity index (χ1) is 3.83. The number of aldehydes is 1. The summed E-state index contributed by atoms with van der Waals surface area (Å²) >= 11 is 0. The lowest BCUT2D eigenvalue weighted by atomic mass is 10.3. The zero-order valence-electron chi connectivity index (χ0n) is 4.05. The topological polar surface area (TPSA) is 68.4 Å². The average molecular weight is 112 g/mol. The van der Waals surface area contributed by atoms with Crippen molar-refractivity contribution in [2.45, 2.75) is 6.42 Å². The van der Waals surface area contributed by atoms with Crippen molar-refractivity contribution in [1.29, 1.82) is 0 Å². The molecule has 0 fully saturated rings. The van der Waals surface area contributed by atoms with Crippen molar-refractivity contribution >= 4 is 17.9 Å². The second-order valence-corrected chi connectivity index (χ2v) is 1.43. The number of carbonyl (C=O) groups excluding carboxylic acids is 2. The molecule has 0 aromatic rings. The number of carbonyl (C=O) groups is 2. The van der Waals surface area contributed by atoms with Gasteiger partial charge in [-0.15, -0.1) is 0 Å². The highest BCUT2D eigenvalue weighted by atomic mass is 16.2. The summed E-state index contributed by atoms with van der Waals surface area (Å²) < 4.78 is 0. The van der Waals surface area contributed by atoms with Gasteiger partial charge in [0.15, 0.2) is 12.1 Å². The van der Waals surface area contributed by atoms with Gasteiger partial charge >= 0.3 is 0 Å². The van der Waals surface area contributed by atoms with Gasteiger partial charge in [-0.1, -0.05) is 0 Å². The number of amidine groups is 1. The summed E-state index contributed by atoms with van der Waals surface area (Å²) in [5, 5.41) is 3.48. The predicted octanol–water partition coefficient (Wildman–Crippen LogP) is -0.939. The van der Waals surface area contributed by atoms with E-state index >= 15 is 0 Å². The van der Waals surface area contributed by atoms with E-state index in [-0.39, 0.29) is 6.42 Å². The highest BCUT2D eigenvalue weighted by molar-refractivity contribution is 6.30. The molecule has 1 heterocycles. The van der Waals surface area contributed by atoms with E-state index in [1.54, 1.807) is 0 Å². The predicted molar refractivity (Wildman–Crippen MR) is 26.3 cm³/mol. The molecular weight excluding hydrogens is 108 g/mol. The first-order valence-corrected chi connectivity index (χ1v) is 2.13. The standard InChI is InChI=1S/C4H4N2O2/c7-2-3(8)1-4-5-6-4/h2H,1H2,(H,5,6). The molecule has 0 amide bonds. The third kappa shape index (κ3) is 1.14. The zero-order chi connectivity index (χ0) is 5.98. The Labute approximate surface area is 45.6 Å². The summed E-state index contributed by atoms with van der Waals surface area (Å²) in [5.74, 6) is 0.163. The Hall–Kier alpha value is -1.19. The van der Waals surface area contributed by atoms with E-state index in [2.05, 4.69) is 10.5 Å². The van der Waals surface area contributed by atoms with E-state index in [1.807, 2.05) is 0 Å². The fourth-order valence-corrected chi connectivity index (χ4v) is 0.325. The molecule has 0 saturated carbocycles. The molecule has 1 aliphatic rings. The van der Waals surface area contributed by atoms with Crippen LogP contribution in [0.1, 0.15) is 6.42 Å². The van der Waals surface area contributed by atoms with Gasteiger partial charge in [-0.25, -0.2) is 0 Å². The van der Waals surface area contributed by atoms with Crippen molar-refractivity contribution in [2.24, 2.45) is 5.10 Å². The van der Waals surface area contributed by atoms with Crippen molar-refractivity contribution in [2.75, 3.05) is 0 Å². The maximum absolute atomic E-state index is 10.2. The number of hydrazone groups is 1. The Bertz CT molecular complexity index is 161. The van der Waals surface area contributed by atoms with Gasteiger partial charge < -0.3 is 0 Å². The lowest BCUT2D eigenvalue weighted by Crippen LogP contribution is -2.04. The van der Waals surface area contributed by atoms with Crippen LogP contribution in [0.15, 0.2) is 5.10 Å². The highest BCUT2D eigenvalue weighted by Crippen LogP contribution is 1.92.